The highest BCUT2D eigenvalue weighted by molar-refractivity contribution is 5.96. The van der Waals surface area contributed by atoms with E-state index in [1.165, 1.54) is 5.56 Å². The first kappa shape index (κ1) is 13.7. The maximum absolute atomic E-state index is 11.3. The minimum absolute atomic E-state index is 0.416. The van der Waals surface area contributed by atoms with Gasteiger partial charge in [0.15, 0.2) is 0 Å². The van der Waals surface area contributed by atoms with Crippen molar-refractivity contribution in [3.63, 3.8) is 0 Å². The normalized spacial score (nSPS) is 11.1. The molecule has 0 radical (unpaired) electrons. The number of nitrogens with zero attached hydrogens (tertiary/aromatic N) is 1. The van der Waals surface area contributed by atoms with Gasteiger partial charge in [-0.1, -0.05) is 13.3 Å². The number of benzene rings is 1. The van der Waals surface area contributed by atoms with Crippen molar-refractivity contribution in [2.24, 2.45) is 0 Å². The van der Waals surface area contributed by atoms with Crippen LogP contribution in [0.4, 0.5) is 0 Å². The second-order valence-corrected chi connectivity index (χ2v) is 5.03. The van der Waals surface area contributed by atoms with Gasteiger partial charge in [0.25, 0.3) is 0 Å². The molecule has 0 aliphatic carbocycles. The zero-order valence-corrected chi connectivity index (χ0v) is 11.9. The molecule has 3 heteroatoms. The molecule has 2 rings (SSSR count). The molecule has 0 spiro atoms. The number of aryl methyl sites for hydroxylation is 3. The number of hydrogen-bond acceptors (Lipinski definition) is 1. The lowest BCUT2D eigenvalue weighted by Crippen LogP contribution is -2.00. The lowest BCUT2D eigenvalue weighted by molar-refractivity contribution is 0.0696. The molecule has 0 saturated heterocycles. The smallest absolute Gasteiger partial charge is 0.335 e. The molecule has 1 heterocycles. The monoisotopic (exact) mass is 259 g/mol. The number of carboxylic acid groups (broad SMARTS) is 1. The number of fused-ring (bicyclic) bond motifs is 1. The molecular weight excluding hydrogens is 238 g/mol. The topological polar surface area (TPSA) is 42.2 Å². The van der Waals surface area contributed by atoms with Crippen LogP contribution in [-0.2, 0) is 13.0 Å². The molecule has 1 aromatic heterocycles. The highest BCUT2D eigenvalue weighted by atomic mass is 16.4. The Morgan fingerprint density at radius 1 is 1.32 bits per heavy atom. The number of aromatic carboxylic acids is 1. The van der Waals surface area contributed by atoms with E-state index in [9.17, 15) is 9.90 Å². The van der Waals surface area contributed by atoms with Crippen molar-refractivity contribution in [1.82, 2.24) is 4.57 Å². The lowest BCUT2D eigenvalue weighted by atomic mass is 10.0. The SMILES string of the molecule is CCCCc1cn(CC)c2cc(C)c(C(=O)O)cc12. The zero-order valence-electron chi connectivity index (χ0n) is 11.9. The number of carbonyl (C=O) groups is 1. The Labute approximate surface area is 113 Å². The predicted molar refractivity (Wildman–Crippen MR) is 77.9 cm³/mol. The molecule has 1 N–H and O–H groups in total. The zero-order chi connectivity index (χ0) is 14.0. The third-order valence-corrected chi connectivity index (χ3v) is 3.68. The Bertz CT molecular complexity index is 611. The van der Waals surface area contributed by atoms with E-state index in [4.69, 9.17) is 0 Å². The molecule has 3 nitrogen and oxygen atoms in total. The van der Waals surface area contributed by atoms with Gasteiger partial charge in [-0.3, -0.25) is 0 Å². The summed E-state index contributed by atoms with van der Waals surface area (Å²) in [5, 5.41) is 10.3. The van der Waals surface area contributed by atoms with E-state index < -0.39 is 5.97 Å². The maximum Gasteiger partial charge on any atom is 0.335 e. The molecule has 2 aromatic rings. The molecule has 19 heavy (non-hydrogen) atoms. The van der Waals surface area contributed by atoms with E-state index in [-0.39, 0.29) is 0 Å². The van der Waals surface area contributed by atoms with Crippen LogP contribution in [-0.4, -0.2) is 15.6 Å². The summed E-state index contributed by atoms with van der Waals surface area (Å²) >= 11 is 0. The average molecular weight is 259 g/mol. The van der Waals surface area contributed by atoms with Gasteiger partial charge in [-0.05, 0) is 49.9 Å². The van der Waals surface area contributed by atoms with E-state index in [0.717, 1.165) is 42.3 Å². The summed E-state index contributed by atoms with van der Waals surface area (Å²) < 4.78 is 2.21. The van der Waals surface area contributed by atoms with Crippen molar-refractivity contribution in [3.8, 4) is 0 Å². The summed E-state index contributed by atoms with van der Waals surface area (Å²) in [5.41, 5.74) is 3.66. The van der Waals surface area contributed by atoms with E-state index in [0.29, 0.717) is 5.56 Å². The van der Waals surface area contributed by atoms with E-state index in [1.807, 2.05) is 19.1 Å². The predicted octanol–water partition coefficient (Wildman–Crippen LogP) is 4.01. The molecular formula is C16H21NO2. The first-order valence-corrected chi connectivity index (χ1v) is 6.94. The van der Waals surface area contributed by atoms with Gasteiger partial charge in [0.1, 0.15) is 0 Å². The summed E-state index contributed by atoms with van der Waals surface area (Å²) in [6.45, 7) is 7.06. The summed E-state index contributed by atoms with van der Waals surface area (Å²) in [6.07, 6.45) is 5.48. The van der Waals surface area contributed by atoms with Gasteiger partial charge < -0.3 is 9.67 Å². The number of carboxylic acids is 1. The molecule has 0 bridgehead atoms. The van der Waals surface area contributed by atoms with Crippen molar-refractivity contribution in [1.29, 1.82) is 0 Å². The van der Waals surface area contributed by atoms with Crippen LogP contribution in [0.1, 0.15) is 48.2 Å². The van der Waals surface area contributed by atoms with E-state index >= 15 is 0 Å². The van der Waals surface area contributed by atoms with Crippen LogP contribution in [0, 0.1) is 6.92 Å². The third kappa shape index (κ3) is 2.50. The molecule has 0 aliphatic heterocycles. The molecule has 0 aliphatic rings. The highest BCUT2D eigenvalue weighted by Crippen LogP contribution is 2.26. The minimum atomic E-state index is -0.843. The summed E-state index contributed by atoms with van der Waals surface area (Å²) in [4.78, 5) is 11.3. The first-order valence-electron chi connectivity index (χ1n) is 6.94. The van der Waals surface area contributed by atoms with Crippen LogP contribution in [0.3, 0.4) is 0 Å². The van der Waals surface area contributed by atoms with Crippen LogP contribution in [0.25, 0.3) is 10.9 Å². The van der Waals surface area contributed by atoms with Crippen molar-refractivity contribution in [3.05, 3.63) is 35.0 Å². The minimum Gasteiger partial charge on any atom is -0.478 e. The molecule has 0 saturated carbocycles. The van der Waals surface area contributed by atoms with Gasteiger partial charge >= 0.3 is 5.97 Å². The van der Waals surface area contributed by atoms with Gasteiger partial charge in [0.05, 0.1) is 5.56 Å². The maximum atomic E-state index is 11.3. The number of hydrogen-bond donors (Lipinski definition) is 1. The van der Waals surface area contributed by atoms with Crippen molar-refractivity contribution in [2.45, 2.75) is 46.6 Å². The van der Waals surface area contributed by atoms with Crippen LogP contribution < -0.4 is 0 Å². The fourth-order valence-electron chi connectivity index (χ4n) is 2.57. The number of aromatic nitrogens is 1. The molecule has 0 amide bonds. The second kappa shape index (κ2) is 5.47. The van der Waals surface area contributed by atoms with Gasteiger partial charge in [-0.25, -0.2) is 4.79 Å². The Morgan fingerprint density at radius 2 is 2.05 bits per heavy atom. The molecule has 102 valence electrons. The van der Waals surface area contributed by atoms with Crippen LogP contribution in [0.2, 0.25) is 0 Å². The standard InChI is InChI=1S/C16H21NO2/c1-4-6-7-12-10-17(5-2)15-8-11(3)13(16(18)19)9-14(12)15/h8-10H,4-7H2,1-3H3,(H,18,19). The Balaban J connectivity index is 2.63. The van der Waals surface area contributed by atoms with Crippen molar-refractivity contribution >= 4 is 16.9 Å². The lowest BCUT2D eigenvalue weighted by Gasteiger charge is -2.05. The molecule has 0 unspecified atom stereocenters. The third-order valence-electron chi connectivity index (χ3n) is 3.68. The van der Waals surface area contributed by atoms with E-state index in [1.54, 1.807) is 0 Å². The number of unbranched alkanes of at least 4 members (excludes halogenated alkanes) is 1. The quantitative estimate of drug-likeness (QED) is 0.881. The van der Waals surface area contributed by atoms with Gasteiger partial charge in [0, 0.05) is 23.6 Å². The molecule has 1 aromatic carbocycles. The second-order valence-electron chi connectivity index (χ2n) is 5.03. The van der Waals surface area contributed by atoms with Crippen LogP contribution in [0.5, 0.6) is 0 Å². The van der Waals surface area contributed by atoms with Crippen molar-refractivity contribution in [2.75, 3.05) is 0 Å². The van der Waals surface area contributed by atoms with Gasteiger partial charge in [0.2, 0.25) is 0 Å². The largest absolute Gasteiger partial charge is 0.478 e. The van der Waals surface area contributed by atoms with E-state index in [2.05, 4.69) is 24.6 Å². The van der Waals surface area contributed by atoms with Gasteiger partial charge in [-0.15, -0.1) is 0 Å². The van der Waals surface area contributed by atoms with Crippen LogP contribution >= 0.6 is 0 Å². The summed E-state index contributed by atoms with van der Waals surface area (Å²) in [6, 6.07) is 3.84. The van der Waals surface area contributed by atoms with Crippen molar-refractivity contribution < 1.29 is 9.90 Å². The molecule has 0 atom stereocenters. The Morgan fingerprint density at radius 3 is 2.63 bits per heavy atom. The Hall–Kier alpha value is -1.77. The number of rotatable bonds is 5. The first-order chi connectivity index (χ1) is 9.08. The fraction of sp³-hybridized carbons (Fsp3) is 0.438. The average Bonchev–Trinajstić information content (AvgIpc) is 2.72. The Kier molecular flexibility index (Phi) is 3.93. The molecule has 0 fully saturated rings. The fourth-order valence-corrected chi connectivity index (χ4v) is 2.57. The summed E-state index contributed by atoms with van der Waals surface area (Å²) in [7, 11) is 0. The van der Waals surface area contributed by atoms with Crippen LogP contribution in [0.15, 0.2) is 18.3 Å². The highest BCUT2D eigenvalue weighted by Gasteiger charge is 2.13. The van der Waals surface area contributed by atoms with Gasteiger partial charge in [-0.2, -0.15) is 0 Å². The summed E-state index contributed by atoms with van der Waals surface area (Å²) in [5.74, 6) is -0.843.